The molecule has 1 aromatic rings. The Hall–Kier alpha value is -2.39. The maximum Gasteiger partial charge on any atom is 0.326 e. The van der Waals surface area contributed by atoms with Gasteiger partial charge in [0.15, 0.2) is 0 Å². The van der Waals surface area contributed by atoms with Crippen molar-refractivity contribution in [2.24, 2.45) is 0 Å². The molecule has 0 aromatic heterocycles. The van der Waals surface area contributed by atoms with Crippen molar-refractivity contribution < 1.29 is 19.4 Å². The van der Waals surface area contributed by atoms with E-state index in [1.807, 2.05) is 6.07 Å². The van der Waals surface area contributed by atoms with Gasteiger partial charge in [0.2, 0.25) is 5.91 Å². The highest BCUT2D eigenvalue weighted by molar-refractivity contribution is 5.84. The van der Waals surface area contributed by atoms with Gasteiger partial charge in [0.05, 0.1) is 11.6 Å². The van der Waals surface area contributed by atoms with E-state index in [0.29, 0.717) is 17.7 Å². The summed E-state index contributed by atoms with van der Waals surface area (Å²) in [5.41, 5.74) is 0.983. The summed E-state index contributed by atoms with van der Waals surface area (Å²) in [6.07, 6.45) is 0.0525. The fourth-order valence-corrected chi connectivity index (χ4v) is 1.66. The first-order chi connectivity index (χ1) is 9.58. The van der Waals surface area contributed by atoms with E-state index in [4.69, 9.17) is 15.1 Å². The number of nitrogens with zero attached hydrogens (tertiary/aromatic N) is 1. The molecule has 0 saturated heterocycles. The molecular weight excluding hydrogens is 260 g/mol. The van der Waals surface area contributed by atoms with E-state index >= 15 is 0 Å². The maximum absolute atomic E-state index is 11.5. The second kappa shape index (κ2) is 7.92. The highest BCUT2D eigenvalue weighted by Gasteiger charge is 2.21. The minimum absolute atomic E-state index is 0.0525. The molecule has 0 unspecified atom stereocenters. The summed E-state index contributed by atoms with van der Waals surface area (Å²) >= 11 is 0. The number of hydrogen-bond acceptors (Lipinski definition) is 4. The van der Waals surface area contributed by atoms with Crippen LogP contribution in [0.25, 0.3) is 0 Å². The summed E-state index contributed by atoms with van der Waals surface area (Å²) in [5, 5.41) is 20.5. The summed E-state index contributed by atoms with van der Waals surface area (Å²) < 4.78 is 4.91. The molecule has 0 spiro atoms. The molecule has 0 fully saturated rings. The molecule has 0 saturated carbocycles. The third-order valence-electron chi connectivity index (χ3n) is 2.63. The molecule has 0 radical (unpaired) electrons. The monoisotopic (exact) mass is 276 g/mol. The Labute approximate surface area is 117 Å². The molecular formula is C14H16N2O4. The zero-order valence-corrected chi connectivity index (χ0v) is 11.1. The van der Waals surface area contributed by atoms with Crippen molar-refractivity contribution in [3.8, 4) is 6.07 Å². The van der Waals surface area contributed by atoms with Crippen molar-refractivity contribution in [1.82, 2.24) is 5.32 Å². The van der Waals surface area contributed by atoms with E-state index < -0.39 is 17.9 Å². The van der Waals surface area contributed by atoms with Crippen molar-refractivity contribution in [3.05, 3.63) is 35.4 Å². The van der Waals surface area contributed by atoms with Crippen LogP contribution in [0, 0.1) is 11.3 Å². The Morgan fingerprint density at radius 2 is 2.15 bits per heavy atom. The van der Waals surface area contributed by atoms with Crippen LogP contribution in [0.3, 0.4) is 0 Å². The van der Waals surface area contributed by atoms with E-state index in [9.17, 15) is 9.59 Å². The molecule has 2 N–H and O–H groups in total. The molecule has 1 amide bonds. The van der Waals surface area contributed by atoms with Gasteiger partial charge in [-0.1, -0.05) is 18.2 Å². The van der Waals surface area contributed by atoms with E-state index in [-0.39, 0.29) is 13.0 Å². The number of carbonyl (C=O) groups excluding carboxylic acids is 1. The first-order valence-corrected chi connectivity index (χ1v) is 6.16. The van der Waals surface area contributed by atoms with Crippen molar-refractivity contribution in [1.29, 1.82) is 5.26 Å². The Morgan fingerprint density at radius 1 is 1.45 bits per heavy atom. The summed E-state index contributed by atoms with van der Waals surface area (Å²) in [6, 6.07) is 7.61. The zero-order valence-electron chi connectivity index (χ0n) is 11.1. The summed E-state index contributed by atoms with van der Waals surface area (Å²) in [6.45, 7) is 1.94. The average Bonchev–Trinajstić information content (AvgIpc) is 2.44. The van der Waals surface area contributed by atoms with Crippen LogP contribution >= 0.6 is 0 Å². The van der Waals surface area contributed by atoms with Gasteiger partial charge in [0.25, 0.3) is 0 Å². The van der Waals surface area contributed by atoms with Crippen LogP contribution in [0.15, 0.2) is 24.3 Å². The molecule has 0 aliphatic rings. The van der Waals surface area contributed by atoms with Crippen molar-refractivity contribution >= 4 is 11.9 Å². The molecule has 1 aromatic carbocycles. The normalized spacial score (nSPS) is 11.4. The number of nitriles is 1. The van der Waals surface area contributed by atoms with E-state index in [2.05, 4.69) is 5.32 Å². The zero-order chi connectivity index (χ0) is 15.0. The lowest BCUT2D eigenvalue weighted by Gasteiger charge is -2.15. The molecule has 1 atom stereocenters. The number of nitrogens with one attached hydrogen (secondary N) is 1. The van der Waals surface area contributed by atoms with E-state index in [0.717, 1.165) is 0 Å². The van der Waals surface area contributed by atoms with Gasteiger partial charge in [-0.25, -0.2) is 4.79 Å². The Balaban J connectivity index is 2.75. The SMILES string of the molecule is CCOCC(=O)N[C@@H](Cc1ccccc1C#N)C(=O)O. The van der Waals surface area contributed by atoms with Gasteiger partial charge in [0.1, 0.15) is 12.6 Å². The molecule has 20 heavy (non-hydrogen) atoms. The lowest BCUT2D eigenvalue weighted by atomic mass is 10.0. The van der Waals surface area contributed by atoms with Crippen LogP contribution in [-0.4, -0.2) is 36.2 Å². The Kier molecular flexibility index (Phi) is 6.20. The van der Waals surface area contributed by atoms with Crippen molar-refractivity contribution in [3.63, 3.8) is 0 Å². The number of carboxylic acid groups (broad SMARTS) is 1. The number of ether oxygens (including phenoxy) is 1. The van der Waals surface area contributed by atoms with Gasteiger partial charge in [-0.3, -0.25) is 4.79 Å². The van der Waals surface area contributed by atoms with E-state index in [1.165, 1.54) is 0 Å². The highest BCUT2D eigenvalue weighted by Crippen LogP contribution is 2.10. The fraction of sp³-hybridized carbons (Fsp3) is 0.357. The Bertz CT molecular complexity index is 522. The lowest BCUT2D eigenvalue weighted by Crippen LogP contribution is -2.44. The molecule has 0 aliphatic carbocycles. The topological polar surface area (TPSA) is 99.4 Å². The van der Waals surface area contributed by atoms with Crippen molar-refractivity contribution in [2.45, 2.75) is 19.4 Å². The summed E-state index contributed by atoms with van der Waals surface area (Å²) in [5.74, 6) is -1.64. The number of benzene rings is 1. The van der Waals surface area contributed by atoms with Crippen LogP contribution in [0.1, 0.15) is 18.1 Å². The minimum Gasteiger partial charge on any atom is -0.480 e. The number of carboxylic acids is 1. The summed E-state index contributed by atoms with van der Waals surface area (Å²) in [4.78, 5) is 22.7. The number of rotatable bonds is 7. The van der Waals surface area contributed by atoms with Crippen LogP contribution in [0.2, 0.25) is 0 Å². The molecule has 1 rings (SSSR count). The second-order valence-corrected chi connectivity index (χ2v) is 4.07. The molecule has 6 heteroatoms. The second-order valence-electron chi connectivity index (χ2n) is 4.07. The highest BCUT2D eigenvalue weighted by atomic mass is 16.5. The third-order valence-corrected chi connectivity index (χ3v) is 2.63. The molecule has 0 heterocycles. The molecule has 0 aliphatic heterocycles. The van der Waals surface area contributed by atoms with Crippen LogP contribution < -0.4 is 5.32 Å². The standard InChI is InChI=1S/C14H16N2O4/c1-2-20-9-13(17)16-12(14(18)19)7-10-5-3-4-6-11(10)8-15/h3-6,12H,2,7,9H2,1H3,(H,16,17)(H,18,19)/t12-/m0/s1. The number of hydrogen-bond donors (Lipinski definition) is 2. The largest absolute Gasteiger partial charge is 0.480 e. The van der Waals surface area contributed by atoms with Gasteiger partial charge in [0, 0.05) is 13.0 Å². The fourth-order valence-electron chi connectivity index (χ4n) is 1.66. The van der Waals surface area contributed by atoms with Gasteiger partial charge < -0.3 is 15.2 Å². The predicted octanol–water partition coefficient (Wildman–Crippen LogP) is 0.707. The van der Waals surface area contributed by atoms with Gasteiger partial charge in [-0.2, -0.15) is 5.26 Å². The Morgan fingerprint density at radius 3 is 2.75 bits per heavy atom. The molecule has 6 nitrogen and oxygen atoms in total. The van der Waals surface area contributed by atoms with Crippen LogP contribution in [0.4, 0.5) is 0 Å². The number of amides is 1. The lowest BCUT2D eigenvalue weighted by molar-refractivity contribution is -0.142. The molecule has 0 bridgehead atoms. The number of aliphatic carboxylic acids is 1. The quantitative estimate of drug-likeness (QED) is 0.764. The minimum atomic E-state index is -1.15. The predicted molar refractivity (Wildman–Crippen MR) is 70.9 cm³/mol. The first kappa shape index (κ1) is 15.7. The molecule has 106 valence electrons. The first-order valence-electron chi connectivity index (χ1n) is 6.16. The smallest absolute Gasteiger partial charge is 0.326 e. The van der Waals surface area contributed by atoms with Gasteiger partial charge >= 0.3 is 5.97 Å². The van der Waals surface area contributed by atoms with Gasteiger partial charge in [-0.05, 0) is 18.6 Å². The van der Waals surface area contributed by atoms with E-state index in [1.54, 1.807) is 31.2 Å². The average molecular weight is 276 g/mol. The number of carbonyl (C=O) groups is 2. The van der Waals surface area contributed by atoms with Crippen molar-refractivity contribution in [2.75, 3.05) is 13.2 Å². The van der Waals surface area contributed by atoms with Crippen LogP contribution in [0.5, 0.6) is 0 Å². The van der Waals surface area contributed by atoms with Gasteiger partial charge in [-0.15, -0.1) is 0 Å². The summed E-state index contributed by atoms with van der Waals surface area (Å²) in [7, 11) is 0. The van der Waals surface area contributed by atoms with Crippen LogP contribution in [-0.2, 0) is 20.7 Å². The third kappa shape index (κ3) is 4.71. The maximum atomic E-state index is 11.5.